The second-order valence-corrected chi connectivity index (χ2v) is 6.63. The van der Waals surface area contributed by atoms with Crippen molar-refractivity contribution >= 4 is 28.7 Å². The lowest BCUT2D eigenvalue weighted by Crippen LogP contribution is -2.21. The van der Waals surface area contributed by atoms with Gasteiger partial charge in [-0.3, -0.25) is 9.78 Å². The SMILES string of the molecule is CCN(CC)c1ccc(NC(=O)c2cncc(Nc3ccc(C)cc3)c2)cc1. The average molecular weight is 374 g/mol. The summed E-state index contributed by atoms with van der Waals surface area (Å²) >= 11 is 0. The van der Waals surface area contributed by atoms with Crippen LogP contribution >= 0.6 is 0 Å². The Labute approximate surface area is 166 Å². The van der Waals surface area contributed by atoms with E-state index in [4.69, 9.17) is 0 Å². The lowest BCUT2D eigenvalue weighted by atomic mass is 10.2. The van der Waals surface area contributed by atoms with Gasteiger partial charge >= 0.3 is 0 Å². The van der Waals surface area contributed by atoms with E-state index in [2.05, 4.69) is 34.4 Å². The summed E-state index contributed by atoms with van der Waals surface area (Å²) in [6, 6.07) is 17.8. The largest absolute Gasteiger partial charge is 0.372 e. The Balaban J connectivity index is 1.68. The third kappa shape index (κ3) is 4.88. The van der Waals surface area contributed by atoms with E-state index in [-0.39, 0.29) is 5.91 Å². The van der Waals surface area contributed by atoms with Crippen LogP contribution in [0.1, 0.15) is 29.8 Å². The summed E-state index contributed by atoms with van der Waals surface area (Å²) in [4.78, 5) is 19.1. The lowest BCUT2D eigenvalue weighted by Gasteiger charge is -2.21. The van der Waals surface area contributed by atoms with Crippen molar-refractivity contribution in [1.82, 2.24) is 4.98 Å². The summed E-state index contributed by atoms with van der Waals surface area (Å²) in [5.74, 6) is -0.185. The van der Waals surface area contributed by atoms with Gasteiger partial charge in [-0.1, -0.05) is 17.7 Å². The van der Waals surface area contributed by atoms with Gasteiger partial charge in [-0.05, 0) is 63.2 Å². The highest BCUT2D eigenvalue weighted by molar-refractivity contribution is 6.04. The van der Waals surface area contributed by atoms with E-state index >= 15 is 0 Å². The molecule has 5 heteroatoms. The number of carbonyl (C=O) groups is 1. The van der Waals surface area contributed by atoms with Crippen molar-refractivity contribution in [2.45, 2.75) is 20.8 Å². The van der Waals surface area contributed by atoms with E-state index < -0.39 is 0 Å². The predicted molar refractivity (Wildman–Crippen MR) is 117 cm³/mol. The minimum Gasteiger partial charge on any atom is -0.372 e. The molecule has 0 saturated carbocycles. The van der Waals surface area contributed by atoms with E-state index in [0.717, 1.165) is 35.8 Å². The summed E-state index contributed by atoms with van der Waals surface area (Å²) in [6.07, 6.45) is 3.27. The molecule has 5 nitrogen and oxygen atoms in total. The Morgan fingerprint density at radius 3 is 2.18 bits per heavy atom. The lowest BCUT2D eigenvalue weighted by molar-refractivity contribution is 0.102. The molecule has 0 aliphatic rings. The number of aromatic nitrogens is 1. The van der Waals surface area contributed by atoms with Crippen LogP contribution in [0.3, 0.4) is 0 Å². The van der Waals surface area contributed by atoms with Crippen LogP contribution in [-0.2, 0) is 0 Å². The van der Waals surface area contributed by atoms with Gasteiger partial charge in [0.25, 0.3) is 5.91 Å². The molecule has 1 amide bonds. The molecule has 3 aromatic rings. The Hall–Kier alpha value is -3.34. The Morgan fingerprint density at radius 1 is 0.893 bits per heavy atom. The maximum Gasteiger partial charge on any atom is 0.257 e. The monoisotopic (exact) mass is 374 g/mol. The van der Waals surface area contributed by atoms with Crippen LogP contribution in [0.15, 0.2) is 67.0 Å². The topological polar surface area (TPSA) is 57.3 Å². The van der Waals surface area contributed by atoms with Crippen LogP contribution in [0, 0.1) is 6.92 Å². The van der Waals surface area contributed by atoms with E-state index in [1.54, 1.807) is 18.5 Å². The number of nitrogens with one attached hydrogen (secondary N) is 2. The third-order valence-electron chi connectivity index (χ3n) is 4.59. The number of rotatable bonds is 7. The fraction of sp³-hybridized carbons (Fsp3) is 0.217. The molecule has 0 unspecified atom stereocenters. The van der Waals surface area contributed by atoms with Crippen molar-refractivity contribution in [3.63, 3.8) is 0 Å². The summed E-state index contributed by atoms with van der Waals surface area (Å²) in [7, 11) is 0. The van der Waals surface area contributed by atoms with Gasteiger partial charge in [0.05, 0.1) is 17.4 Å². The molecule has 0 spiro atoms. The van der Waals surface area contributed by atoms with Gasteiger partial charge in [-0.2, -0.15) is 0 Å². The smallest absolute Gasteiger partial charge is 0.257 e. The molecule has 2 N–H and O–H groups in total. The number of carbonyl (C=O) groups excluding carboxylic acids is 1. The van der Waals surface area contributed by atoms with Crippen molar-refractivity contribution in [3.8, 4) is 0 Å². The molecular weight excluding hydrogens is 348 g/mol. The highest BCUT2D eigenvalue weighted by Crippen LogP contribution is 2.20. The van der Waals surface area contributed by atoms with Gasteiger partial charge < -0.3 is 15.5 Å². The molecule has 28 heavy (non-hydrogen) atoms. The van der Waals surface area contributed by atoms with Crippen molar-refractivity contribution in [1.29, 1.82) is 0 Å². The van der Waals surface area contributed by atoms with E-state index in [0.29, 0.717) is 5.56 Å². The first-order valence-corrected chi connectivity index (χ1v) is 9.54. The zero-order chi connectivity index (χ0) is 19.9. The molecule has 0 fully saturated rings. The van der Waals surface area contributed by atoms with Gasteiger partial charge in [-0.15, -0.1) is 0 Å². The molecule has 0 aliphatic carbocycles. The molecule has 0 atom stereocenters. The number of pyridine rings is 1. The normalized spacial score (nSPS) is 10.4. The maximum atomic E-state index is 12.6. The first-order valence-electron chi connectivity index (χ1n) is 9.54. The molecule has 0 radical (unpaired) electrons. The summed E-state index contributed by atoms with van der Waals surface area (Å²) in [6.45, 7) is 8.21. The molecule has 1 heterocycles. The van der Waals surface area contributed by atoms with Crippen molar-refractivity contribution in [3.05, 3.63) is 78.1 Å². The zero-order valence-corrected chi connectivity index (χ0v) is 16.6. The van der Waals surface area contributed by atoms with Crippen LogP contribution in [0.4, 0.5) is 22.7 Å². The molecular formula is C23H26N4O. The van der Waals surface area contributed by atoms with Gasteiger partial charge in [-0.25, -0.2) is 0 Å². The predicted octanol–water partition coefficient (Wildman–Crippen LogP) is 5.23. The molecule has 0 bridgehead atoms. The summed E-state index contributed by atoms with van der Waals surface area (Å²) in [5.41, 5.74) is 5.34. The molecule has 3 rings (SSSR count). The van der Waals surface area contributed by atoms with E-state index in [1.165, 1.54) is 5.56 Å². The Morgan fingerprint density at radius 2 is 1.54 bits per heavy atom. The Bertz CT molecular complexity index is 916. The van der Waals surface area contributed by atoms with Crippen molar-refractivity contribution < 1.29 is 4.79 Å². The number of nitrogens with zero attached hydrogens (tertiary/aromatic N) is 2. The third-order valence-corrected chi connectivity index (χ3v) is 4.59. The number of aryl methyl sites for hydroxylation is 1. The van der Waals surface area contributed by atoms with Crippen LogP contribution in [0.5, 0.6) is 0 Å². The zero-order valence-electron chi connectivity index (χ0n) is 16.6. The molecule has 1 aromatic heterocycles. The highest BCUT2D eigenvalue weighted by atomic mass is 16.1. The summed E-state index contributed by atoms with van der Waals surface area (Å²) < 4.78 is 0. The fourth-order valence-corrected chi connectivity index (χ4v) is 2.98. The van der Waals surface area contributed by atoms with Gasteiger partial charge in [0.2, 0.25) is 0 Å². The fourth-order valence-electron chi connectivity index (χ4n) is 2.98. The van der Waals surface area contributed by atoms with Gasteiger partial charge in [0, 0.05) is 36.3 Å². The van der Waals surface area contributed by atoms with Crippen LogP contribution in [-0.4, -0.2) is 24.0 Å². The van der Waals surface area contributed by atoms with E-state index in [9.17, 15) is 4.79 Å². The van der Waals surface area contributed by atoms with Crippen molar-refractivity contribution in [2.75, 3.05) is 28.6 Å². The minimum atomic E-state index is -0.185. The first-order chi connectivity index (χ1) is 13.6. The van der Waals surface area contributed by atoms with Crippen LogP contribution in [0.25, 0.3) is 0 Å². The maximum absolute atomic E-state index is 12.6. The molecule has 0 aliphatic heterocycles. The van der Waals surface area contributed by atoms with Crippen LogP contribution in [0.2, 0.25) is 0 Å². The second kappa shape index (κ2) is 9.04. The first kappa shape index (κ1) is 19.4. The highest BCUT2D eigenvalue weighted by Gasteiger charge is 2.09. The number of benzene rings is 2. The van der Waals surface area contributed by atoms with E-state index in [1.807, 2.05) is 55.5 Å². The van der Waals surface area contributed by atoms with Gasteiger partial charge in [0.15, 0.2) is 0 Å². The van der Waals surface area contributed by atoms with Crippen LogP contribution < -0.4 is 15.5 Å². The Kier molecular flexibility index (Phi) is 6.27. The minimum absolute atomic E-state index is 0.185. The van der Waals surface area contributed by atoms with Crippen molar-refractivity contribution in [2.24, 2.45) is 0 Å². The second-order valence-electron chi connectivity index (χ2n) is 6.63. The standard InChI is InChI=1S/C23H26N4O/c1-4-27(5-2)22-12-10-20(11-13-22)26-23(28)18-14-21(16-24-15-18)25-19-8-6-17(3)7-9-19/h6-16,25H,4-5H2,1-3H3,(H,26,28). The molecule has 0 saturated heterocycles. The number of hydrogen-bond donors (Lipinski definition) is 2. The number of anilines is 4. The van der Waals surface area contributed by atoms with Gasteiger partial charge in [0.1, 0.15) is 0 Å². The molecule has 2 aromatic carbocycles. The number of hydrogen-bond acceptors (Lipinski definition) is 4. The average Bonchev–Trinajstić information content (AvgIpc) is 2.72. The quantitative estimate of drug-likeness (QED) is 0.594. The summed E-state index contributed by atoms with van der Waals surface area (Å²) in [5, 5.41) is 6.21. The number of amides is 1. The molecule has 144 valence electrons.